The molecule has 3 aromatic rings. The van der Waals surface area contributed by atoms with Crippen molar-refractivity contribution in [2.24, 2.45) is 0 Å². The van der Waals surface area contributed by atoms with Gasteiger partial charge >= 0.3 is 0 Å². The molecule has 0 radical (unpaired) electrons. The Balaban J connectivity index is 1.90. The molecular weight excluding hydrogens is 406 g/mol. The number of anilines is 1. The zero-order valence-electron chi connectivity index (χ0n) is 16.1. The molecule has 4 rings (SSSR count). The van der Waals surface area contributed by atoms with E-state index in [2.05, 4.69) is 0 Å². The minimum absolute atomic E-state index is 0.189. The van der Waals surface area contributed by atoms with Crippen LogP contribution in [-0.4, -0.2) is 25.5 Å². The largest absolute Gasteiger partial charge is 0.497 e. The summed E-state index contributed by atoms with van der Waals surface area (Å²) in [6.07, 6.45) is 0. The molecule has 0 saturated heterocycles. The maximum atomic E-state index is 13.7. The molecule has 0 fully saturated rings. The van der Waals surface area contributed by atoms with Gasteiger partial charge in [0.05, 0.1) is 45.2 Å². The number of fused-ring (bicyclic) bond motifs is 1. The fourth-order valence-electron chi connectivity index (χ4n) is 3.48. The van der Waals surface area contributed by atoms with Gasteiger partial charge in [-0.15, -0.1) is 0 Å². The van der Waals surface area contributed by atoms with Crippen molar-refractivity contribution in [2.75, 3.05) is 17.2 Å². The predicted octanol–water partition coefficient (Wildman–Crippen LogP) is 4.06. The molecule has 0 amide bonds. The van der Waals surface area contributed by atoms with E-state index in [1.54, 1.807) is 67.8 Å². The smallest absolute Gasteiger partial charge is 0.264 e. The molecule has 29 heavy (non-hydrogen) atoms. The van der Waals surface area contributed by atoms with E-state index in [4.69, 9.17) is 4.74 Å². The highest BCUT2D eigenvalue weighted by Crippen LogP contribution is 2.42. The van der Waals surface area contributed by atoms with Crippen molar-refractivity contribution in [3.8, 4) is 5.75 Å². The number of benzene rings is 3. The fraction of sp³-hybridized carbons (Fsp3) is 0.182. The van der Waals surface area contributed by atoms with Crippen molar-refractivity contribution in [3.63, 3.8) is 0 Å². The molecule has 0 aliphatic carbocycles. The van der Waals surface area contributed by atoms with Crippen LogP contribution in [0.5, 0.6) is 5.75 Å². The Morgan fingerprint density at radius 1 is 0.966 bits per heavy atom. The SMILES string of the molecule is COc1ccc([C@H]2C[S@@](=O)c3ccccc3N2S(=O)(=O)c2ccc(C)cc2)cc1. The normalized spacial score (nSPS) is 18.9. The van der Waals surface area contributed by atoms with E-state index < -0.39 is 26.9 Å². The molecule has 3 aromatic carbocycles. The van der Waals surface area contributed by atoms with Gasteiger partial charge in [0.25, 0.3) is 10.0 Å². The zero-order chi connectivity index (χ0) is 20.6. The summed E-state index contributed by atoms with van der Waals surface area (Å²) in [6, 6.07) is 20.4. The van der Waals surface area contributed by atoms with Crippen molar-refractivity contribution in [2.45, 2.75) is 22.8 Å². The molecule has 0 aromatic heterocycles. The van der Waals surface area contributed by atoms with Crippen LogP contribution in [0.15, 0.2) is 82.6 Å². The summed E-state index contributed by atoms with van der Waals surface area (Å²) < 4.78 is 46.9. The first-order valence-electron chi connectivity index (χ1n) is 9.14. The van der Waals surface area contributed by atoms with E-state index in [9.17, 15) is 12.6 Å². The molecule has 5 nitrogen and oxygen atoms in total. The number of sulfonamides is 1. The predicted molar refractivity (Wildman–Crippen MR) is 114 cm³/mol. The third-order valence-corrected chi connectivity index (χ3v) is 8.31. The van der Waals surface area contributed by atoms with Crippen LogP contribution in [0.3, 0.4) is 0 Å². The average Bonchev–Trinajstić information content (AvgIpc) is 2.74. The number of aryl methyl sites for hydroxylation is 1. The second kappa shape index (κ2) is 7.65. The summed E-state index contributed by atoms with van der Waals surface area (Å²) in [7, 11) is -3.59. The van der Waals surface area contributed by atoms with E-state index in [0.717, 1.165) is 11.1 Å². The molecule has 7 heteroatoms. The second-order valence-corrected chi connectivity index (χ2v) is 10.2. The summed E-state index contributed by atoms with van der Waals surface area (Å²) in [4.78, 5) is 0.747. The van der Waals surface area contributed by atoms with Gasteiger partial charge < -0.3 is 4.74 Å². The van der Waals surface area contributed by atoms with Crippen LogP contribution in [0.1, 0.15) is 17.2 Å². The van der Waals surface area contributed by atoms with Gasteiger partial charge in [0, 0.05) is 0 Å². The van der Waals surface area contributed by atoms with Gasteiger partial charge in [-0.2, -0.15) is 0 Å². The number of ether oxygens (including phenoxy) is 1. The molecular formula is C22H21NO4S2. The quantitative estimate of drug-likeness (QED) is 0.630. The summed E-state index contributed by atoms with van der Waals surface area (Å²) in [5.41, 5.74) is 2.21. The van der Waals surface area contributed by atoms with Gasteiger partial charge in [-0.25, -0.2) is 8.42 Å². The molecule has 1 heterocycles. The van der Waals surface area contributed by atoms with E-state index >= 15 is 0 Å². The van der Waals surface area contributed by atoms with Crippen molar-refractivity contribution < 1.29 is 17.4 Å². The highest BCUT2D eigenvalue weighted by molar-refractivity contribution is 7.93. The molecule has 0 N–H and O–H groups in total. The molecule has 150 valence electrons. The molecule has 0 saturated carbocycles. The second-order valence-electron chi connectivity index (χ2n) is 6.88. The number of para-hydroxylation sites is 1. The Bertz CT molecular complexity index is 1160. The minimum Gasteiger partial charge on any atom is -0.497 e. The molecule has 0 spiro atoms. The van der Waals surface area contributed by atoms with Crippen molar-refractivity contribution >= 4 is 26.5 Å². The highest BCUT2D eigenvalue weighted by Gasteiger charge is 2.39. The monoisotopic (exact) mass is 427 g/mol. The highest BCUT2D eigenvalue weighted by atomic mass is 32.2. The first-order chi connectivity index (χ1) is 13.9. The number of nitrogens with zero attached hydrogens (tertiary/aromatic N) is 1. The van der Waals surface area contributed by atoms with Gasteiger partial charge in [0.1, 0.15) is 5.75 Å². The lowest BCUT2D eigenvalue weighted by Gasteiger charge is -2.37. The molecule has 0 unspecified atom stereocenters. The molecule has 0 bridgehead atoms. The summed E-state index contributed by atoms with van der Waals surface area (Å²) in [6.45, 7) is 1.91. The standard InChI is InChI=1S/C22H21NO4S2/c1-16-7-13-19(14-8-16)29(25,26)23-20-5-3-4-6-22(20)28(24)15-21(23)17-9-11-18(27-2)12-10-17/h3-14,21H,15H2,1-2H3/t21-,28-/m1/s1. The van der Waals surface area contributed by atoms with Gasteiger partial charge in [0.2, 0.25) is 0 Å². The van der Waals surface area contributed by atoms with Crippen LogP contribution in [0.4, 0.5) is 5.69 Å². The number of rotatable bonds is 4. The summed E-state index contributed by atoms with van der Waals surface area (Å²) in [5, 5.41) is 0. The maximum absolute atomic E-state index is 13.7. The fourth-order valence-corrected chi connectivity index (χ4v) is 6.73. The van der Waals surface area contributed by atoms with E-state index in [-0.39, 0.29) is 10.6 Å². The third-order valence-electron chi connectivity index (χ3n) is 5.02. The third kappa shape index (κ3) is 3.56. The summed E-state index contributed by atoms with van der Waals surface area (Å²) in [5.74, 6) is 0.869. The number of methoxy groups -OCH3 is 1. The van der Waals surface area contributed by atoms with Crippen LogP contribution in [0.2, 0.25) is 0 Å². The van der Waals surface area contributed by atoms with Gasteiger partial charge in [-0.3, -0.25) is 8.51 Å². The van der Waals surface area contributed by atoms with Crippen LogP contribution in [0.25, 0.3) is 0 Å². The Morgan fingerprint density at radius 2 is 1.62 bits per heavy atom. The Labute approximate surface area is 173 Å². The van der Waals surface area contributed by atoms with Gasteiger partial charge in [0.15, 0.2) is 0 Å². The Kier molecular flexibility index (Phi) is 5.19. The molecule has 1 aliphatic heterocycles. The molecule has 2 atom stereocenters. The van der Waals surface area contributed by atoms with E-state index in [1.807, 2.05) is 19.1 Å². The van der Waals surface area contributed by atoms with Crippen LogP contribution in [0, 0.1) is 6.92 Å². The lowest BCUT2D eigenvalue weighted by Crippen LogP contribution is -2.41. The van der Waals surface area contributed by atoms with E-state index in [1.165, 1.54) is 4.31 Å². The first kappa shape index (κ1) is 19.7. The lowest BCUT2D eigenvalue weighted by molar-refractivity contribution is 0.414. The van der Waals surface area contributed by atoms with Crippen molar-refractivity contribution in [1.82, 2.24) is 0 Å². The number of hydrogen-bond donors (Lipinski definition) is 0. The van der Waals surface area contributed by atoms with Crippen LogP contribution in [-0.2, 0) is 20.8 Å². The lowest BCUT2D eigenvalue weighted by atomic mass is 10.1. The van der Waals surface area contributed by atoms with Crippen molar-refractivity contribution in [3.05, 3.63) is 83.9 Å². The van der Waals surface area contributed by atoms with Crippen LogP contribution >= 0.6 is 0 Å². The summed E-state index contributed by atoms with van der Waals surface area (Å²) >= 11 is 0. The topological polar surface area (TPSA) is 63.7 Å². The minimum atomic E-state index is -3.86. The Morgan fingerprint density at radius 3 is 2.28 bits per heavy atom. The van der Waals surface area contributed by atoms with Gasteiger partial charge in [-0.05, 0) is 48.9 Å². The van der Waals surface area contributed by atoms with E-state index in [0.29, 0.717) is 16.3 Å². The first-order valence-corrected chi connectivity index (χ1v) is 11.9. The number of hydrogen-bond acceptors (Lipinski definition) is 4. The zero-order valence-corrected chi connectivity index (χ0v) is 17.7. The average molecular weight is 428 g/mol. The van der Waals surface area contributed by atoms with Crippen LogP contribution < -0.4 is 9.04 Å². The molecule has 1 aliphatic rings. The maximum Gasteiger partial charge on any atom is 0.264 e. The Hall–Kier alpha value is -2.64. The van der Waals surface area contributed by atoms with Gasteiger partial charge in [-0.1, -0.05) is 42.0 Å². The van der Waals surface area contributed by atoms with Crippen molar-refractivity contribution in [1.29, 1.82) is 0 Å².